The van der Waals surface area contributed by atoms with E-state index in [0.717, 1.165) is 12.0 Å². The van der Waals surface area contributed by atoms with Crippen LogP contribution in [0.3, 0.4) is 0 Å². The molecule has 0 aliphatic carbocycles. The number of amides is 1. The van der Waals surface area contributed by atoms with Crippen LogP contribution in [-0.4, -0.2) is 46.4 Å². The van der Waals surface area contributed by atoms with Gasteiger partial charge in [-0.25, -0.2) is 9.18 Å². The van der Waals surface area contributed by atoms with Crippen LogP contribution in [0.1, 0.15) is 39.2 Å². The second-order valence-electron chi connectivity index (χ2n) is 7.37. The molecule has 1 aliphatic heterocycles. The van der Waals surface area contributed by atoms with Crippen molar-refractivity contribution in [2.45, 2.75) is 63.8 Å². The van der Waals surface area contributed by atoms with E-state index in [1.165, 1.54) is 12.1 Å². The first kappa shape index (κ1) is 18.7. The number of halogens is 1. The number of carbonyl (C=O) groups excluding carboxylic acids is 1. The summed E-state index contributed by atoms with van der Waals surface area (Å²) >= 11 is 0. The molecule has 0 spiro atoms. The molecule has 0 radical (unpaired) electrons. The largest absolute Gasteiger partial charge is 0.444 e. The van der Waals surface area contributed by atoms with Crippen LogP contribution in [-0.2, 0) is 11.2 Å². The predicted octanol–water partition coefficient (Wildman–Crippen LogP) is 2.46. The second kappa shape index (κ2) is 7.49. The quantitative estimate of drug-likeness (QED) is 0.884. The number of aliphatic hydroxyl groups excluding tert-OH is 1. The smallest absolute Gasteiger partial charge is 0.410 e. The molecule has 1 fully saturated rings. The normalized spacial score (nSPS) is 20.8. The standard InChI is InChI=1S/C18H27FN2O3/c1-18(2,3)24-17(23)21-9-5-8-15(21)16(22)14(20)11-12-6-4-7-13(19)10-12/h4,6-7,10,14-16,22H,5,8-9,11,20H2,1-3H3/t14-,15?,16-/m0/s1. The van der Waals surface area contributed by atoms with E-state index in [-0.39, 0.29) is 11.9 Å². The minimum atomic E-state index is -0.886. The lowest BCUT2D eigenvalue weighted by Crippen LogP contribution is -2.52. The molecule has 134 valence electrons. The minimum absolute atomic E-state index is 0.328. The molecule has 6 heteroatoms. The lowest BCUT2D eigenvalue weighted by Gasteiger charge is -2.33. The topological polar surface area (TPSA) is 75.8 Å². The fourth-order valence-electron chi connectivity index (χ4n) is 3.04. The van der Waals surface area contributed by atoms with E-state index in [4.69, 9.17) is 10.5 Å². The van der Waals surface area contributed by atoms with Gasteiger partial charge in [-0.2, -0.15) is 0 Å². The average Bonchev–Trinajstić information content (AvgIpc) is 2.94. The summed E-state index contributed by atoms with van der Waals surface area (Å²) in [6, 6.07) is 5.21. The molecule has 0 bridgehead atoms. The maximum Gasteiger partial charge on any atom is 0.410 e. The number of rotatable bonds is 4. The zero-order valence-electron chi connectivity index (χ0n) is 14.5. The highest BCUT2D eigenvalue weighted by atomic mass is 19.1. The maximum absolute atomic E-state index is 13.3. The number of aliphatic hydroxyl groups is 1. The third-order valence-corrected chi connectivity index (χ3v) is 4.12. The van der Waals surface area contributed by atoms with Gasteiger partial charge in [-0.05, 0) is 57.7 Å². The highest BCUT2D eigenvalue weighted by Crippen LogP contribution is 2.25. The summed E-state index contributed by atoms with van der Waals surface area (Å²) in [5.74, 6) is -0.328. The van der Waals surface area contributed by atoms with Crippen LogP contribution in [0.4, 0.5) is 9.18 Å². The number of hydrogen-bond donors (Lipinski definition) is 2. The summed E-state index contributed by atoms with van der Waals surface area (Å²) in [5, 5.41) is 10.6. The Balaban J connectivity index is 2.01. The highest BCUT2D eigenvalue weighted by molar-refractivity contribution is 5.69. The van der Waals surface area contributed by atoms with Crippen LogP contribution in [0.2, 0.25) is 0 Å². The van der Waals surface area contributed by atoms with Gasteiger partial charge in [0.15, 0.2) is 0 Å². The molecule has 1 unspecified atom stereocenters. The van der Waals surface area contributed by atoms with E-state index in [1.807, 2.05) is 20.8 Å². The van der Waals surface area contributed by atoms with Crippen LogP contribution in [0.25, 0.3) is 0 Å². The Hall–Kier alpha value is -1.66. The molecule has 2 rings (SSSR count). The number of nitrogens with zero attached hydrogens (tertiary/aromatic N) is 1. The molecule has 1 aliphatic rings. The average molecular weight is 338 g/mol. The van der Waals surface area contributed by atoms with Crippen molar-refractivity contribution < 1.29 is 19.0 Å². The predicted molar refractivity (Wildman–Crippen MR) is 90.0 cm³/mol. The molecular weight excluding hydrogens is 311 g/mol. The molecule has 0 saturated carbocycles. The number of likely N-dealkylation sites (tertiary alicyclic amines) is 1. The van der Waals surface area contributed by atoms with Crippen LogP contribution in [0.5, 0.6) is 0 Å². The van der Waals surface area contributed by atoms with Crippen LogP contribution in [0.15, 0.2) is 24.3 Å². The summed E-state index contributed by atoms with van der Waals surface area (Å²) in [5.41, 5.74) is 6.26. The van der Waals surface area contributed by atoms with Crippen LogP contribution < -0.4 is 5.73 Å². The maximum atomic E-state index is 13.3. The Labute approximate surface area is 142 Å². The van der Waals surface area contributed by atoms with Crippen molar-refractivity contribution in [3.63, 3.8) is 0 Å². The van der Waals surface area contributed by atoms with Gasteiger partial charge >= 0.3 is 6.09 Å². The number of nitrogens with two attached hydrogens (primary N) is 1. The lowest BCUT2D eigenvalue weighted by molar-refractivity contribution is 0.000867. The fraction of sp³-hybridized carbons (Fsp3) is 0.611. The number of benzene rings is 1. The summed E-state index contributed by atoms with van der Waals surface area (Å²) in [6.07, 6.45) is 0.507. The number of ether oxygens (including phenoxy) is 1. The van der Waals surface area contributed by atoms with Gasteiger partial charge in [-0.15, -0.1) is 0 Å². The Morgan fingerprint density at radius 2 is 2.21 bits per heavy atom. The van der Waals surface area contributed by atoms with Gasteiger partial charge in [0.1, 0.15) is 11.4 Å². The van der Waals surface area contributed by atoms with Crippen molar-refractivity contribution in [2.75, 3.05) is 6.54 Å². The van der Waals surface area contributed by atoms with Crippen molar-refractivity contribution in [3.05, 3.63) is 35.6 Å². The second-order valence-corrected chi connectivity index (χ2v) is 7.37. The number of carbonyl (C=O) groups is 1. The van der Waals surface area contributed by atoms with E-state index in [9.17, 15) is 14.3 Å². The third kappa shape index (κ3) is 4.92. The fourth-order valence-corrected chi connectivity index (χ4v) is 3.04. The molecule has 3 atom stereocenters. The molecule has 1 aromatic rings. The monoisotopic (exact) mass is 338 g/mol. The van der Waals surface area contributed by atoms with Gasteiger partial charge in [0.05, 0.1) is 12.1 Å². The molecule has 24 heavy (non-hydrogen) atoms. The first-order chi connectivity index (χ1) is 11.2. The van der Waals surface area contributed by atoms with E-state index >= 15 is 0 Å². The van der Waals surface area contributed by atoms with E-state index in [1.54, 1.807) is 17.0 Å². The number of hydrogen-bond acceptors (Lipinski definition) is 4. The summed E-state index contributed by atoms with van der Waals surface area (Å²) < 4.78 is 18.7. The Kier molecular flexibility index (Phi) is 5.83. The molecule has 5 nitrogen and oxygen atoms in total. The van der Waals surface area contributed by atoms with Gasteiger partial charge < -0.3 is 20.5 Å². The van der Waals surface area contributed by atoms with E-state index in [2.05, 4.69) is 0 Å². The third-order valence-electron chi connectivity index (χ3n) is 4.12. The van der Waals surface area contributed by atoms with Crippen molar-refractivity contribution in [1.82, 2.24) is 4.90 Å². The lowest BCUT2D eigenvalue weighted by atomic mass is 9.96. The molecule has 1 amide bonds. The van der Waals surface area contributed by atoms with Gasteiger partial charge in [-0.3, -0.25) is 0 Å². The molecule has 3 N–H and O–H groups in total. The molecular formula is C18H27FN2O3. The zero-order valence-corrected chi connectivity index (χ0v) is 14.5. The van der Waals surface area contributed by atoms with Crippen molar-refractivity contribution >= 4 is 6.09 Å². The Morgan fingerprint density at radius 3 is 2.83 bits per heavy atom. The first-order valence-electron chi connectivity index (χ1n) is 8.35. The van der Waals surface area contributed by atoms with Crippen LogP contribution in [0, 0.1) is 5.82 Å². The molecule has 1 saturated heterocycles. The van der Waals surface area contributed by atoms with E-state index in [0.29, 0.717) is 19.4 Å². The van der Waals surface area contributed by atoms with Crippen LogP contribution >= 0.6 is 0 Å². The minimum Gasteiger partial charge on any atom is -0.444 e. The highest BCUT2D eigenvalue weighted by Gasteiger charge is 2.38. The van der Waals surface area contributed by atoms with Crippen molar-refractivity contribution in [2.24, 2.45) is 5.73 Å². The van der Waals surface area contributed by atoms with Crippen molar-refractivity contribution in [3.8, 4) is 0 Å². The molecule has 1 aromatic carbocycles. The summed E-state index contributed by atoms with van der Waals surface area (Å²) in [7, 11) is 0. The SMILES string of the molecule is CC(C)(C)OC(=O)N1CCCC1[C@@H](O)[C@@H](N)Cc1cccc(F)c1. The van der Waals surface area contributed by atoms with Gasteiger partial charge in [0.2, 0.25) is 0 Å². The van der Waals surface area contributed by atoms with E-state index < -0.39 is 23.8 Å². The molecule has 1 heterocycles. The van der Waals surface area contributed by atoms with Gasteiger partial charge in [0, 0.05) is 12.6 Å². The Bertz CT molecular complexity index is 574. The van der Waals surface area contributed by atoms with Gasteiger partial charge in [0.25, 0.3) is 0 Å². The first-order valence-corrected chi connectivity index (χ1v) is 8.35. The molecule has 0 aromatic heterocycles. The summed E-state index contributed by atoms with van der Waals surface area (Å²) in [6.45, 7) is 5.97. The Morgan fingerprint density at radius 1 is 1.50 bits per heavy atom. The zero-order chi connectivity index (χ0) is 17.9. The van der Waals surface area contributed by atoms with Gasteiger partial charge in [-0.1, -0.05) is 12.1 Å². The van der Waals surface area contributed by atoms with Crippen molar-refractivity contribution in [1.29, 1.82) is 0 Å². The summed E-state index contributed by atoms with van der Waals surface area (Å²) in [4.78, 5) is 13.9.